The summed E-state index contributed by atoms with van der Waals surface area (Å²) < 4.78 is 9.94. The molecule has 8 nitrogen and oxygen atoms in total. The van der Waals surface area contributed by atoms with Gasteiger partial charge in [-0.15, -0.1) is 0 Å². The van der Waals surface area contributed by atoms with E-state index in [9.17, 15) is 14.7 Å². The number of aliphatic hydroxyl groups excluding tert-OH is 1. The lowest BCUT2D eigenvalue weighted by molar-refractivity contribution is -0.141. The fourth-order valence-electron chi connectivity index (χ4n) is 2.35. The molecule has 8 heteroatoms. The summed E-state index contributed by atoms with van der Waals surface area (Å²) in [6, 6.07) is -1.35. The first kappa shape index (κ1) is 17.7. The molecule has 0 aromatic heterocycles. The number of aliphatic hydroxyl groups is 1. The van der Waals surface area contributed by atoms with E-state index in [2.05, 4.69) is 0 Å². The van der Waals surface area contributed by atoms with Crippen LogP contribution in [0.15, 0.2) is 0 Å². The van der Waals surface area contributed by atoms with Gasteiger partial charge in [0, 0.05) is 46.9 Å². The van der Waals surface area contributed by atoms with E-state index in [1.165, 1.54) is 16.9 Å². The number of amides is 2. The molecule has 0 aromatic rings. The highest BCUT2D eigenvalue weighted by Gasteiger charge is 2.40. The molecule has 1 rings (SSSR count). The fourth-order valence-corrected chi connectivity index (χ4v) is 2.35. The summed E-state index contributed by atoms with van der Waals surface area (Å²) in [5.41, 5.74) is 0. The maximum atomic E-state index is 12.5. The van der Waals surface area contributed by atoms with E-state index in [0.717, 1.165) is 0 Å². The number of ether oxygens (including phenoxy) is 2. The van der Waals surface area contributed by atoms with Crippen molar-refractivity contribution in [3.63, 3.8) is 0 Å². The number of β-amino-alcohol motifs (C(OH)–C–C–N with tert-alkyl or cyclic N) is 1. The van der Waals surface area contributed by atoms with Crippen molar-refractivity contribution < 1.29 is 29.3 Å². The summed E-state index contributed by atoms with van der Waals surface area (Å²) in [5, 5.41) is 18.8. The van der Waals surface area contributed by atoms with Crippen LogP contribution >= 0.6 is 0 Å². The summed E-state index contributed by atoms with van der Waals surface area (Å²) in [7, 11) is 3.12. The van der Waals surface area contributed by atoms with Crippen LogP contribution in [0.3, 0.4) is 0 Å². The average molecular weight is 304 g/mol. The third-order valence-electron chi connectivity index (χ3n) is 3.42. The summed E-state index contributed by atoms with van der Waals surface area (Å²) in [6.45, 7) is 1.76. The summed E-state index contributed by atoms with van der Waals surface area (Å²) in [5.74, 6) is -1.09. The fraction of sp³-hybridized carbons (Fsp3) is 0.846. The van der Waals surface area contributed by atoms with Crippen molar-refractivity contribution in [2.24, 2.45) is 0 Å². The lowest BCUT2D eigenvalue weighted by Crippen LogP contribution is -2.49. The van der Waals surface area contributed by atoms with E-state index in [1.54, 1.807) is 7.11 Å². The molecule has 21 heavy (non-hydrogen) atoms. The first-order valence-electron chi connectivity index (χ1n) is 6.95. The number of carbonyl (C=O) groups excluding carboxylic acids is 1. The van der Waals surface area contributed by atoms with Gasteiger partial charge in [-0.1, -0.05) is 0 Å². The number of rotatable bonds is 8. The predicted molar refractivity (Wildman–Crippen MR) is 74.1 cm³/mol. The number of methoxy groups -OCH3 is 2. The minimum Gasteiger partial charge on any atom is -0.480 e. The molecule has 1 aliphatic heterocycles. The zero-order valence-electron chi connectivity index (χ0n) is 12.5. The number of likely N-dealkylation sites (tertiary alicyclic amines) is 1. The second kappa shape index (κ2) is 8.81. The first-order valence-corrected chi connectivity index (χ1v) is 6.95. The maximum Gasteiger partial charge on any atom is 0.326 e. The van der Waals surface area contributed by atoms with Gasteiger partial charge in [0.1, 0.15) is 6.04 Å². The lowest BCUT2D eigenvalue weighted by Gasteiger charge is -2.30. The molecular formula is C13H24N2O6. The monoisotopic (exact) mass is 304 g/mol. The van der Waals surface area contributed by atoms with E-state index >= 15 is 0 Å². The first-order chi connectivity index (χ1) is 10.0. The molecule has 1 unspecified atom stereocenters. The van der Waals surface area contributed by atoms with Crippen LogP contribution in [0, 0.1) is 0 Å². The van der Waals surface area contributed by atoms with Crippen LogP contribution in [-0.2, 0) is 14.3 Å². The van der Waals surface area contributed by atoms with Gasteiger partial charge in [0.05, 0.1) is 12.7 Å². The van der Waals surface area contributed by atoms with Crippen LogP contribution in [0.2, 0.25) is 0 Å². The molecular weight excluding hydrogens is 280 g/mol. The molecule has 0 bridgehead atoms. The van der Waals surface area contributed by atoms with Crippen LogP contribution in [0.1, 0.15) is 12.8 Å². The Morgan fingerprint density at radius 2 is 1.90 bits per heavy atom. The molecule has 0 aliphatic carbocycles. The minimum atomic E-state index is -1.09. The number of carboxylic acids is 1. The smallest absolute Gasteiger partial charge is 0.326 e. The van der Waals surface area contributed by atoms with Gasteiger partial charge in [0.15, 0.2) is 0 Å². The van der Waals surface area contributed by atoms with Crippen molar-refractivity contribution in [3.05, 3.63) is 0 Å². The predicted octanol–water partition coefficient (Wildman–Crippen LogP) is -0.389. The van der Waals surface area contributed by atoms with E-state index in [0.29, 0.717) is 32.7 Å². The second-order valence-corrected chi connectivity index (χ2v) is 5.00. The second-order valence-electron chi connectivity index (χ2n) is 5.00. The standard InChI is InChI=1S/C13H24N2O6/c1-20-6-3-4-14(5-7-21-2)13(19)15-9-10(16)8-11(15)12(17)18/h10-11,16H,3-9H2,1-2H3,(H,17,18)/t10?,11-/m0/s1. The van der Waals surface area contributed by atoms with Crippen molar-refractivity contribution in [1.29, 1.82) is 0 Å². The van der Waals surface area contributed by atoms with Gasteiger partial charge in [-0.2, -0.15) is 0 Å². The van der Waals surface area contributed by atoms with Crippen LogP contribution in [-0.4, -0.2) is 91.2 Å². The lowest BCUT2D eigenvalue weighted by atomic mass is 10.2. The molecule has 0 saturated carbocycles. The molecule has 2 N–H and O–H groups in total. The van der Waals surface area contributed by atoms with Crippen molar-refractivity contribution in [3.8, 4) is 0 Å². The zero-order valence-corrected chi connectivity index (χ0v) is 12.5. The Bertz CT molecular complexity index is 352. The largest absolute Gasteiger partial charge is 0.480 e. The SMILES string of the molecule is COCCCN(CCOC)C(=O)N1CC(O)C[C@H]1C(=O)O. The Hall–Kier alpha value is -1.38. The van der Waals surface area contributed by atoms with Gasteiger partial charge in [-0.3, -0.25) is 0 Å². The quantitative estimate of drug-likeness (QED) is 0.593. The zero-order chi connectivity index (χ0) is 15.8. The van der Waals surface area contributed by atoms with Crippen molar-refractivity contribution in [1.82, 2.24) is 9.80 Å². The summed E-state index contributed by atoms with van der Waals surface area (Å²) in [4.78, 5) is 26.4. The van der Waals surface area contributed by atoms with Gasteiger partial charge in [0.25, 0.3) is 0 Å². The average Bonchev–Trinajstić information content (AvgIpc) is 2.84. The van der Waals surface area contributed by atoms with Crippen molar-refractivity contribution >= 4 is 12.0 Å². The topological polar surface area (TPSA) is 99.5 Å². The number of carbonyl (C=O) groups is 2. The number of hydrogen-bond acceptors (Lipinski definition) is 5. The van der Waals surface area contributed by atoms with Crippen molar-refractivity contribution in [2.75, 3.05) is 47.1 Å². The molecule has 1 fully saturated rings. The van der Waals surface area contributed by atoms with E-state index in [-0.39, 0.29) is 19.0 Å². The number of hydrogen-bond donors (Lipinski definition) is 2. The van der Waals surface area contributed by atoms with Crippen molar-refractivity contribution in [2.45, 2.75) is 25.0 Å². The Morgan fingerprint density at radius 1 is 1.24 bits per heavy atom. The molecule has 0 spiro atoms. The highest BCUT2D eigenvalue weighted by Crippen LogP contribution is 2.20. The van der Waals surface area contributed by atoms with Gasteiger partial charge in [-0.25, -0.2) is 9.59 Å². The molecule has 0 aromatic carbocycles. The Balaban J connectivity index is 2.70. The van der Waals surface area contributed by atoms with Gasteiger partial charge in [-0.05, 0) is 6.42 Å². The molecule has 1 saturated heterocycles. The summed E-state index contributed by atoms with van der Waals surface area (Å²) in [6.07, 6.45) is -0.0736. The number of carboxylic acid groups (broad SMARTS) is 1. The molecule has 2 atom stereocenters. The normalized spacial score (nSPS) is 21.6. The molecule has 1 aliphatic rings. The van der Waals surface area contributed by atoms with E-state index in [1.807, 2.05) is 0 Å². The third-order valence-corrected chi connectivity index (χ3v) is 3.42. The highest BCUT2D eigenvalue weighted by molar-refractivity contribution is 5.83. The number of urea groups is 1. The minimum absolute atomic E-state index is 0.0452. The van der Waals surface area contributed by atoms with Gasteiger partial charge in [0.2, 0.25) is 0 Å². The Kier molecular flexibility index (Phi) is 7.41. The van der Waals surface area contributed by atoms with E-state index < -0.39 is 18.1 Å². The van der Waals surface area contributed by atoms with Gasteiger partial charge >= 0.3 is 12.0 Å². The van der Waals surface area contributed by atoms with Crippen LogP contribution in [0.25, 0.3) is 0 Å². The number of aliphatic carboxylic acids is 1. The van der Waals surface area contributed by atoms with Crippen LogP contribution in [0.4, 0.5) is 4.79 Å². The molecule has 122 valence electrons. The van der Waals surface area contributed by atoms with Crippen LogP contribution < -0.4 is 0 Å². The molecule has 1 heterocycles. The van der Waals surface area contributed by atoms with E-state index in [4.69, 9.17) is 14.6 Å². The Morgan fingerprint density at radius 3 is 2.48 bits per heavy atom. The molecule has 2 amide bonds. The summed E-state index contributed by atoms with van der Waals surface area (Å²) >= 11 is 0. The third kappa shape index (κ3) is 5.14. The number of nitrogens with zero attached hydrogens (tertiary/aromatic N) is 2. The maximum absolute atomic E-state index is 12.5. The van der Waals surface area contributed by atoms with Gasteiger partial charge < -0.3 is 29.5 Å². The molecule has 0 radical (unpaired) electrons. The Labute approximate surface area is 124 Å². The highest BCUT2D eigenvalue weighted by atomic mass is 16.5. The van der Waals surface area contributed by atoms with Crippen LogP contribution in [0.5, 0.6) is 0 Å².